The minimum absolute atomic E-state index is 0.0675. The van der Waals surface area contributed by atoms with E-state index in [2.05, 4.69) is 15.0 Å². The second-order valence-electron chi connectivity index (χ2n) is 7.08. The van der Waals surface area contributed by atoms with Gasteiger partial charge in [-0.3, -0.25) is 0 Å². The van der Waals surface area contributed by atoms with Crippen LogP contribution < -0.4 is 4.90 Å². The Hall–Kier alpha value is -1.97. The van der Waals surface area contributed by atoms with E-state index in [0.717, 1.165) is 30.6 Å². The van der Waals surface area contributed by atoms with Crippen molar-refractivity contribution in [2.75, 3.05) is 31.6 Å². The summed E-state index contributed by atoms with van der Waals surface area (Å²) >= 11 is 0. The summed E-state index contributed by atoms with van der Waals surface area (Å²) in [5.41, 5.74) is 0.676. The van der Waals surface area contributed by atoms with Gasteiger partial charge in [0.05, 0.1) is 11.4 Å². The molecule has 0 bridgehead atoms. The molecule has 140 valence electrons. The summed E-state index contributed by atoms with van der Waals surface area (Å²) in [6.07, 6.45) is 2.25. The minimum Gasteiger partial charge on any atom is -0.379 e. The van der Waals surface area contributed by atoms with Gasteiger partial charge in [-0.1, -0.05) is 11.2 Å². The number of aryl methyl sites for hydroxylation is 2. The second kappa shape index (κ2) is 6.04. The van der Waals surface area contributed by atoms with Crippen LogP contribution in [0.2, 0.25) is 0 Å². The summed E-state index contributed by atoms with van der Waals surface area (Å²) < 4.78 is 32.5. The molecule has 3 heterocycles. The number of hydrogen-bond acceptors (Lipinski definition) is 7. The van der Waals surface area contributed by atoms with Crippen LogP contribution >= 0.6 is 0 Å². The topological polar surface area (TPSA) is 99.8 Å². The van der Waals surface area contributed by atoms with Crippen LogP contribution in [0.3, 0.4) is 0 Å². The highest BCUT2D eigenvalue weighted by atomic mass is 32.2. The number of benzene rings is 1. The molecule has 1 aromatic heterocycles. The molecular weight excluding hydrogens is 356 g/mol. The third-order valence-electron chi connectivity index (χ3n) is 5.18. The van der Waals surface area contributed by atoms with Crippen LogP contribution in [0.5, 0.6) is 0 Å². The summed E-state index contributed by atoms with van der Waals surface area (Å²) in [7, 11) is -1.74. The zero-order valence-corrected chi connectivity index (χ0v) is 15.7. The average Bonchev–Trinajstić information content (AvgIpc) is 3.22. The van der Waals surface area contributed by atoms with Gasteiger partial charge < -0.3 is 14.5 Å². The van der Waals surface area contributed by atoms with Crippen LogP contribution in [-0.2, 0) is 22.0 Å². The van der Waals surface area contributed by atoms with Gasteiger partial charge in [0.15, 0.2) is 11.4 Å². The van der Waals surface area contributed by atoms with Crippen molar-refractivity contribution in [1.29, 1.82) is 0 Å². The van der Waals surface area contributed by atoms with Crippen molar-refractivity contribution >= 4 is 15.7 Å². The van der Waals surface area contributed by atoms with E-state index in [-0.39, 0.29) is 30.3 Å². The largest absolute Gasteiger partial charge is 0.379 e. The first-order valence-electron chi connectivity index (χ1n) is 8.67. The highest BCUT2D eigenvalue weighted by Gasteiger charge is 2.46. The molecule has 1 saturated heterocycles. The molecule has 26 heavy (non-hydrogen) atoms. The van der Waals surface area contributed by atoms with Crippen molar-refractivity contribution in [2.45, 2.75) is 36.7 Å². The van der Waals surface area contributed by atoms with E-state index < -0.39 is 15.6 Å². The van der Waals surface area contributed by atoms with E-state index in [4.69, 9.17) is 4.52 Å². The predicted octanol–water partition coefficient (Wildman–Crippen LogP) is 1.04. The molecule has 1 atom stereocenters. The molecular formula is C17H22N4O4S. The molecule has 0 radical (unpaired) electrons. The Morgan fingerprint density at radius 2 is 2.12 bits per heavy atom. The van der Waals surface area contributed by atoms with Gasteiger partial charge in [0.1, 0.15) is 0 Å². The van der Waals surface area contributed by atoms with E-state index >= 15 is 0 Å². The molecule has 1 aromatic carbocycles. The molecule has 4 rings (SSSR count). The molecule has 1 N–H and O–H groups in total. The van der Waals surface area contributed by atoms with Gasteiger partial charge in [-0.05, 0) is 37.5 Å². The molecule has 2 aliphatic heterocycles. The standard InChI is InChI=1S/C17H22N4O4S/c1-12-18-16(25-19-12)17(22)7-9-21(11-17)26(23,24)14-6-5-13-4-3-8-20(2)15(13)10-14/h5-6,10,22H,3-4,7-9,11H2,1-2H3/t17-/m1/s1. The Kier molecular flexibility index (Phi) is 4.05. The Morgan fingerprint density at radius 3 is 2.85 bits per heavy atom. The monoisotopic (exact) mass is 378 g/mol. The number of aliphatic hydroxyl groups is 1. The number of sulfonamides is 1. The molecule has 2 aliphatic rings. The number of anilines is 1. The van der Waals surface area contributed by atoms with Crippen LogP contribution in [0, 0.1) is 6.92 Å². The Balaban J connectivity index is 1.63. The van der Waals surface area contributed by atoms with Crippen molar-refractivity contribution in [1.82, 2.24) is 14.4 Å². The zero-order valence-electron chi connectivity index (χ0n) is 14.8. The summed E-state index contributed by atoms with van der Waals surface area (Å²) in [4.78, 5) is 6.39. The number of nitrogens with zero attached hydrogens (tertiary/aromatic N) is 4. The summed E-state index contributed by atoms with van der Waals surface area (Å²) in [6, 6.07) is 5.28. The van der Waals surface area contributed by atoms with Gasteiger partial charge in [-0.15, -0.1) is 0 Å². The third-order valence-corrected chi connectivity index (χ3v) is 7.02. The molecule has 1 fully saturated rings. The summed E-state index contributed by atoms with van der Waals surface area (Å²) in [5.74, 6) is 0.477. The first-order valence-corrected chi connectivity index (χ1v) is 10.1. The number of rotatable bonds is 3. The van der Waals surface area contributed by atoms with Gasteiger partial charge in [-0.2, -0.15) is 9.29 Å². The quantitative estimate of drug-likeness (QED) is 0.852. The molecule has 8 nitrogen and oxygen atoms in total. The maximum absolute atomic E-state index is 13.1. The Labute approximate surface area is 152 Å². The SMILES string of the molecule is Cc1noc([C@@]2(O)CCN(S(=O)(=O)c3ccc4c(c3)N(C)CCC4)C2)n1. The van der Waals surface area contributed by atoms with Crippen molar-refractivity contribution in [3.8, 4) is 0 Å². The van der Waals surface area contributed by atoms with Crippen LogP contribution in [0.15, 0.2) is 27.6 Å². The van der Waals surface area contributed by atoms with Crippen LogP contribution in [0.1, 0.15) is 30.1 Å². The van der Waals surface area contributed by atoms with E-state index in [1.165, 1.54) is 4.31 Å². The van der Waals surface area contributed by atoms with Crippen LogP contribution in [0.4, 0.5) is 5.69 Å². The lowest BCUT2D eigenvalue weighted by Gasteiger charge is -2.28. The molecule has 0 amide bonds. The Bertz CT molecular complexity index is 942. The fraction of sp³-hybridized carbons (Fsp3) is 0.529. The fourth-order valence-electron chi connectivity index (χ4n) is 3.67. The van der Waals surface area contributed by atoms with Crippen molar-refractivity contribution in [3.63, 3.8) is 0 Å². The first kappa shape index (κ1) is 17.4. The number of β-amino-alcohol motifs (C(OH)–C–C–N with tert-alkyl or cyclic N) is 1. The molecule has 0 saturated carbocycles. The molecule has 0 aliphatic carbocycles. The maximum Gasteiger partial charge on any atom is 0.260 e. The highest BCUT2D eigenvalue weighted by molar-refractivity contribution is 7.89. The van der Waals surface area contributed by atoms with Crippen molar-refractivity contribution < 1.29 is 18.0 Å². The van der Waals surface area contributed by atoms with Gasteiger partial charge in [-0.25, -0.2) is 8.42 Å². The number of hydrogen-bond donors (Lipinski definition) is 1. The van der Waals surface area contributed by atoms with Crippen molar-refractivity contribution in [3.05, 3.63) is 35.5 Å². The van der Waals surface area contributed by atoms with E-state index in [0.29, 0.717) is 5.82 Å². The summed E-state index contributed by atoms with van der Waals surface area (Å²) in [5, 5.41) is 14.5. The average molecular weight is 378 g/mol. The van der Waals surface area contributed by atoms with Gasteiger partial charge in [0.25, 0.3) is 5.89 Å². The molecule has 2 aromatic rings. The van der Waals surface area contributed by atoms with Crippen molar-refractivity contribution in [2.24, 2.45) is 0 Å². The third kappa shape index (κ3) is 2.80. The molecule has 0 spiro atoms. The second-order valence-corrected chi connectivity index (χ2v) is 9.02. The minimum atomic E-state index is -3.71. The van der Waals surface area contributed by atoms with Gasteiger partial charge >= 0.3 is 0 Å². The fourth-order valence-corrected chi connectivity index (χ4v) is 5.19. The smallest absolute Gasteiger partial charge is 0.260 e. The maximum atomic E-state index is 13.1. The predicted molar refractivity (Wildman–Crippen MR) is 94.3 cm³/mol. The number of aromatic nitrogens is 2. The molecule has 0 unspecified atom stereocenters. The lowest BCUT2D eigenvalue weighted by molar-refractivity contribution is 0.0194. The lowest BCUT2D eigenvalue weighted by atomic mass is 10.0. The first-order chi connectivity index (χ1) is 12.3. The summed E-state index contributed by atoms with van der Waals surface area (Å²) in [6.45, 7) is 2.68. The highest BCUT2D eigenvalue weighted by Crippen LogP contribution is 2.35. The normalized spacial score (nSPS) is 24.0. The van der Waals surface area contributed by atoms with Crippen LogP contribution in [-0.4, -0.2) is 54.7 Å². The van der Waals surface area contributed by atoms with Gasteiger partial charge in [0, 0.05) is 32.2 Å². The number of fused-ring (bicyclic) bond motifs is 1. The Morgan fingerprint density at radius 1 is 1.31 bits per heavy atom. The van der Waals surface area contributed by atoms with E-state index in [1.54, 1.807) is 19.1 Å². The van der Waals surface area contributed by atoms with Crippen LogP contribution in [0.25, 0.3) is 0 Å². The van der Waals surface area contributed by atoms with Gasteiger partial charge in [0.2, 0.25) is 10.0 Å². The lowest BCUT2D eigenvalue weighted by Crippen LogP contribution is -2.35. The zero-order chi connectivity index (χ0) is 18.5. The van der Waals surface area contributed by atoms with E-state index in [1.807, 2.05) is 13.1 Å². The molecule has 9 heteroatoms. The van der Waals surface area contributed by atoms with E-state index in [9.17, 15) is 13.5 Å².